The van der Waals surface area contributed by atoms with Gasteiger partial charge in [-0.2, -0.15) is 11.8 Å². The molecule has 0 aromatic carbocycles. The molecule has 1 aliphatic heterocycles. The molecule has 1 heterocycles. The van der Waals surface area contributed by atoms with Gasteiger partial charge in [0.1, 0.15) is 0 Å². The van der Waals surface area contributed by atoms with E-state index in [9.17, 15) is 0 Å². The summed E-state index contributed by atoms with van der Waals surface area (Å²) in [6.45, 7) is 7.38. The van der Waals surface area contributed by atoms with Crippen LogP contribution in [0, 0.1) is 0 Å². The number of nitrogens with one attached hydrogen (secondary N) is 1. The first-order valence-electron chi connectivity index (χ1n) is 7.79. The Kier molecular flexibility index (Phi) is 5.84. The van der Waals surface area contributed by atoms with Crippen LogP contribution in [0.1, 0.15) is 51.9 Å². The SMILES string of the molecule is CCCNC1CCCN(CC2(SC)CCCC2)C1. The number of piperidine rings is 1. The second-order valence-electron chi connectivity index (χ2n) is 6.12. The van der Waals surface area contributed by atoms with Crippen LogP contribution in [0.2, 0.25) is 0 Å². The van der Waals surface area contributed by atoms with Crippen molar-refractivity contribution in [3.63, 3.8) is 0 Å². The van der Waals surface area contributed by atoms with Crippen LogP contribution in [0.25, 0.3) is 0 Å². The van der Waals surface area contributed by atoms with Crippen molar-refractivity contribution < 1.29 is 0 Å². The lowest BCUT2D eigenvalue weighted by molar-refractivity contribution is 0.175. The Labute approximate surface area is 117 Å². The van der Waals surface area contributed by atoms with Gasteiger partial charge in [-0.15, -0.1) is 0 Å². The van der Waals surface area contributed by atoms with Crippen molar-refractivity contribution in [1.82, 2.24) is 10.2 Å². The quantitative estimate of drug-likeness (QED) is 0.798. The van der Waals surface area contributed by atoms with Gasteiger partial charge in [0.05, 0.1) is 0 Å². The summed E-state index contributed by atoms with van der Waals surface area (Å²) in [5.41, 5.74) is 0. The van der Waals surface area contributed by atoms with E-state index in [1.54, 1.807) is 0 Å². The molecule has 0 spiro atoms. The van der Waals surface area contributed by atoms with Gasteiger partial charge < -0.3 is 10.2 Å². The molecule has 2 rings (SSSR count). The van der Waals surface area contributed by atoms with Gasteiger partial charge in [-0.3, -0.25) is 0 Å². The number of hydrogen-bond donors (Lipinski definition) is 1. The summed E-state index contributed by atoms with van der Waals surface area (Å²) in [6.07, 6.45) is 12.1. The van der Waals surface area contributed by atoms with Crippen LogP contribution in [0.5, 0.6) is 0 Å². The molecule has 0 radical (unpaired) electrons. The molecule has 0 aromatic heterocycles. The first kappa shape index (κ1) is 14.7. The Balaban J connectivity index is 1.81. The third-order valence-corrected chi connectivity index (χ3v) is 6.05. The van der Waals surface area contributed by atoms with E-state index >= 15 is 0 Å². The highest BCUT2D eigenvalue weighted by atomic mass is 32.2. The lowest BCUT2D eigenvalue weighted by Crippen LogP contribution is -2.49. The van der Waals surface area contributed by atoms with Crippen molar-refractivity contribution in [2.75, 3.05) is 32.4 Å². The van der Waals surface area contributed by atoms with Crippen LogP contribution in [-0.2, 0) is 0 Å². The standard InChI is InChI=1S/C15H30N2S/c1-3-10-16-14-7-6-11-17(12-14)13-15(18-2)8-4-5-9-15/h14,16H,3-13H2,1-2H3. The maximum absolute atomic E-state index is 3.71. The van der Waals surface area contributed by atoms with Crippen LogP contribution in [0.4, 0.5) is 0 Å². The minimum absolute atomic E-state index is 0.590. The Morgan fingerprint density at radius 1 is 1.28 bits per heavy atom. The van der Waals surface area contributed by atoms with Crippen molar-refractivity contribution in [2.45, 2.75) is 62.7 Å². The molecule has 1 saturated carbocycles. The van der Waals surface area contributed by atoms with Crippen molar-refractivity contribution in [3.05, 3.63) is 0 Å². The number of likely N-dealkylation sites (tertiary alicyclic amines) is 1. The van der Waals surface area contributed by atoms with Gasteiger partial charge in [0.15, 0.2) is 0 Å². The normalized spacial score (nSPS) is 28.7. The predicted octanol–water partition coefficient (Wildman–Crippen LogP) is 3.13. The van der Waals surface area contributed by atoms with E-state index in [1.165, 1.54) is 71.1 Å². The molecule has 2 fully saturated rings. The van der Waals surface area contributed by atoms with Gasteiger partial charge in [0.2, 0.25) is 0 Å². The number of nitrogens with zero attached hydrogens (tertiary/aromatic N) is 1. The first-order chi connectivity index (χ1) is 8.78. The van der Waals surface area contributed by atoms with E-state index in [0.717, 1.165) is 6.04 Å². The minimum atomic E-state index is 0.590. The fourth-order valence-electron chi connectivity index (χ4n) is 3.57. The maximum atomic E-state index is 3.71. The van der Waals surface area contributed by atoms with Gasteiger partial charge in [-0.05, 0) is 51.4 Å². The fraction of sp³-hybridized carbons (Fsp3) is 1.00. The zero-order valence-electron chi connectivity index (χ0n) is 12.2. The second-order valence-corrected chi connectivity index (χ2v) is 7.40. The molecule has 18 heavy (non-hydrogen) atoms. The summed E-state index contributed by atoms with van der Waals surface area (Å²) in [5, 5.41) is 3.71. The van der Waals surface area contributed by atoms with Crippen LogP contribution >= 0.6 is 11.8 Å². The summed E-state index contributed by atoms with van der Waals surface area (Å²) in [7, 11) is 0. The van der Waals surface area contributed by atoms with Crippen LogP contribution < -0.4 is 5.32 Å². The van der Waals surface area contributed by atoms with E-state index in [4.69, 9.17) is 0 Å². The molecule has 1 saturated heterocycles. The van der Waals surface area contributed by atoms with Gasteiger partial charge >= 0.3 is 0 Å². The summed E-state index contributed by atoms with van der Waals surface area (Å²) >= 11 is 2.13. The van der Waals surface area contributed by atoms with Gasteiger partial charge in [-0.25, -0.2) is 0 Å². The van der Waals surface area contributed by atoms with Crippen molar-refractivity contribution in [1.29, 1.82) is 0 Å². The largest absolute Gasteiger partial charge is 0.313 e. The van der Waals surface area contributed by atoms with Gasteiger partial charge in [0, 0.05) is 23.9 Å². The summed E-state index contributed by atoms with van der Waals surface area (Å²) in [4.78, 5) is 2.73. The number of thioether (sulfide) groups is 1. The highest BCUT2D eigenvalue weighted by molar-refractivity contribution is 8.00. The average molecular weight is 270 g/mol. The van der Waals surface area contributed by atoms with E-state index < -0.39 is 0 Å². The molecule has 0 amide bonds. The summed E-state index contributed by atoms with van der Waals surface area (Å²) in [5.74, 6) is 0. The second kappa shape index (κ2) is 7.16. The number of hydrogen-bond acceptors (Lipinski definition) is 3. The molecule has 1 unspecified atom stereocenters. The first-order valence-corrected chi connectivity index (χ1v) is 9.01. The predicted molar refractivity (Wildman–Crippen MR) is 82.5 cm³/mol. The lowest BCUT2D eigenvalue weighted by Gasteiger charge is -2.39. The Morgan fingerprint density at radius 3 is 2.72 bits per heavy atom. The average Bonchev–Trinajstić information content (AvgIpc) is 2.86. The van der Waals surface area contributed by atoms with Crippen molar-refractivity contribution in [2.24, 2.45) is 0 Å². The van der Waals surface area contributed by atoms with E-state index in [1.807, 2.05) is 0 Å². The summed E-state index contributed by atoms with van der Waals surface area (Å²) < 4.78 is 0.590. The smallest absolute Gasteiger partial charge is 0.0284 e. The molecular formula is C15H30N2S. The molecule has 3 heteroatoms. The monoisotopic (exact) mass is 270 g/mol. The molecule has 1 N–H and O–H groups in total. The Morgan fingerprint density at radius 2 is 2.06 bits per heavy atom. The molecule has 0 bridgehead atoms. The zero-order chi connectivity index (χ0) is 12.8. The van der Waals surface area contributed by atoms with Crippen molar-refractivity contribution in [3.8, 4) is 0 Å². The molecule has 0 aromatic rings. The number of rotatable bonds is 6. The van der Waals surface area contributed by atoms with Crippen molar-refractivity contribution >= 4 is 11.8 Å². The Hall–Kier alpha value is 0.270. The van der Waals surface area contributed by atoms with E-state index in [2.05, 4.69) is 35.2 Å². The molecule has 1 aliphatic carbocycles. The lowest BCUT2D eigenvalue weighted by atomic mass is 10.0. The molecule has 2 aliphatic rings. The molecule has 2 nitrogen and oxygen atoms in total. The van der Waals surface area contributed by atoms with Crippen LogP contribution in [0.3, 0.4) is 0 Å². The molecule has 1 atom stereocenters. The van der Waals surface area contributed by atoms with Gasteiger partial charge in [-0.1, -0.05) is 19.8 Å². The zero-order valence-corrected chi connectivity index (χ0v) is 13.0. The maximum Gasteiger partial charge on any atom is 0.0284 e. The Bertz CT molecular complexity index is 239. The third kappa shape index (κ3) is 3.88. The van der Waals surface area contributed by atoms with E-state index in [-0.39, 0.29) is 0 Å². The summed E-state index contributed by atoms with van der Waals surface area (Å²) in [6, 6.07) is 0.749. The minimum Gasteiger partial charge on any atom is -0.313 e. The van der Waals surface area contributed by atoms with Crippen LogP contribution in [-0.4, -0.2) is 48.1 Å². The topological polar surface area (TPSA) is 15.3 Å². The molecular weight excluding hydrogens is 240 g/mol. The fourth-order valence-corrected chi connectivity index (χ4v) is 4.58. The van der Waals surface area contributed by atoms with E-state index in [0.29, 0.717) is 4.75 Å². The highest BCUT2D eigenvalue weighted by Crippen LogP contribution is 2.41. The van der Waals surface area contributed by atoms with Gasteiger partial charge in [0.25, 0.3) is 0 Å². The molecule has 106 valence electrons. The highest BCUT2D eigenvalue weighted by Gasteiger charge is 2.35. The van der Waals surface area contributed by atoms with Crippen LogP contribution in [0.15, 0.2) is 0 Å². The third-order valence-electron chi connectivity index (χ3n) is 4.65.